The molecule has 0 bridgehead atoms. The van der Waals surface area contributed by atoms with Gasteiger partial charge in [0.2, 0.25) is 5.91 Å². The van der Waals surface area contributed by atoms with E-state index in [1.54, 1.807) is 17.0 Å². The molecule has 1 aliphatic heterocycles. The number of aromatic nitrogens is 2. The van der Waals surface area contributed by atoms with E-state index in [1.807, 2.05) is 69.6 Å². The highest BCUT2D eigenvalue weighted by molar-refractivity contribution is 5.89. The number of hydrogen-bond acceptors (Lipinski definition) is 7. The van der Waals surface area contributed by atoms with Crippen molar-refractivity contribution in [3.63, 3.8) is 0 Å². The molecule has 0 spiro atoms. The smallest absolute Gasteiger partial charge is 0.410 e. The normalized spacial score (nSPS) is 13.1. The van der Waals surface area contributed by atoms with Gasteiger partial charge in [-0.15, -0.1) is 0 Å². The highest BCUT2D eigenvalue weighted by Gasteiger charge is 2.28. The lowest BCUT2D eigenvalue weighted by Gasteiger charge is -2.32. The average molecular weight is 606 g/mol. The van der Waals surface area contributed by atoms with Gasteiger partial charge >= 0.3 is 6.09 Å². The van der Waals surface area contributed by atoms with Crippen LogP contribution in [0.2, 0.25) is 0 Å². The SMILES string of the molecule is CCc1nn(C)c2cc(NCC(=O)N(CCN(CC)C(=O)OC(C)(C)C)CC(=O)N(C)N3Cc4ccccc4C3)c(C)cc12. The van der Waals surface area contributed by atoms with Crippen molar-refractivity contribution in [3.8, 4) is 0 Å². The quantitative estimate of drug-likeness (QED) is 0.347. The van der Waals surface area contributed by atoms with Crippen molar-refractivity contribution in [1.82, 2.24) is 29.6 Å². The van der Waals surface area contributed by atoms with E-state index in [2.05, 4.69) is 35.5 Å². The molecular weight excluding hydrogens is 558 g/mol. The highest BCUT2D eigenvalue weighted by atomic mass is 16.6. The molecule has 4 rings (SSSR count). The zero-order valence-electron chi connectivity index (χ0n) is 27.4. The summed E-state index contributed by atoms with van der Waals surface area (Å²) in [6, 6.07) is 12.2. The van der Waals surface area contributed by atoms with Gasteiger partial charge in [0.15, 0.2) is 0 Å². The first-order valence-electron chi connectivity index (χ1n) is 15.3. The number of amides is 3. The molecule has 1 aromatic heterocycles. The fourth-order valence-electron chi connectivity index (χ4n) is 5.41. The molecule has 2 heterocycles. The fourth-order valence-corrected chi connectivity index (χ4v) is 5.41. The molecule has 11 nitrogen and oxygen atoms in total. The molecule has 238 valence electrons. The Morgan fingerprint density at radius 1 is 1.00 bits per heavy atom. The van der Waals surface area contributed by atoms with Crippen molar-refractivity contribution in [2.45, 2.75) is 66.7 Å². The maximum Gasteiger partial charge on any atom is 0.410 e. The summed E-state index contributed by atoms with van der Waals surface area (Å²) in [5.41, 5.74) is 5.59. The van der Waals surface area contributed by atoms with Crippen molar-refractivity contribution >= 4 is 34.5 Å². The van der Waals surface area contributed by atoms with Crippen LogP contribution in [0.4, 0.5) is 10.5 Å². The minimum absolute atomic E-state index is 0.00442. The van der Waals surface area contributed by atoms with Crippen LogP contribution >= 0.6 is 0 Å². The highest BCUT2D eigenvalue weighted by Crippen LogP contribution is 2.26. The van der Waals surface area contributed by atoms with Gasteiger partial charge in [-0.1, -0.05) is 31.2 Å². The van der Waals surface area contributed by atoms with Gasteiger partial charge in [-0.05, 0) is 69.9 Å². The molecule has 0 aliphatic carbocycles. The lowest BCUT2D eigenvalue weighted by atomic mass is 10.1. The number of aryl methyl sites for hydroxylation is 3. The molecule has 3 aromatic rings. The van der Waals surface area contributed by atoms with Crippen LogP contribution < -0.4 is 5.32 Å². The minimum Gasteiger partial charge on any atom is -0.444 e. The first-order valence-corrected chi connectivity index (χ1v) is 15.3. The number of nitrogens with one attached hydrogen (secondary N) is 1. The van der Waals surface area contributed by atoms with E-state index in [0.717, 1.165) is 34.3 Å². The zero-order chi connectivity index (χ0) is 32.2. The van der Waals surface area contributed by atoms with Crippen LogP contribution in [-0.2, 0) is 40.9 Å². The number of nitrogens with zero attached hydrogens (tertiary/aromatic N) is 6. The van der Waals surface area contributed by atoms with E-state index >= 15 is 0 Å². The first-order chi connectivity index (χ1) is 20.8. The van der Waals surface area contributed by atoms with Gasteiger partial charge in [0, 0.05) is 57.9 Å². The summed E-state index contributed by atoms with van der Waals surface area (Å²) < 4.78 is 7.41. The molecular formula is C33H47N7O4. The van der Waals surface area contributed by atoms with E-state index in [-0.39, 0.29) is 38.0 Å². The van der Waals surface area contributed by atoms with Gasteiger partial charge in [-0.25, -0.2) is 9.80 Å². The third kappa shape index (κ3) is 7.68. The Bertz CT molecular complexity index is 1480. The van der Waals surface area contributed by atoms with Crippen LogP contribution in [0.1, 0.15) is 57.0 Å². The number of anilines is 1. The fraction of sp³-hybridized carbons (Fsp3) is 0.515. The summed E-state index contributed by atoms with van der Waals surface area (Å²) in [5, 5.41) is 12.6. The van der Waals surface area contributed by atoms with E-state index in [4.69, 9.17) is 4.74 Å². The predicted molar refractivity (Wildman–Crippen MR) is 172 cm³/mol. The van der Waals surface area contributed by atoms with Gasteiger partial charge in [0.1, 0.15) is 12.1 Å². The molecule has 1 aliphatic rings. The number of carbonyl (C=O) groups is 3. The number of ether oxygens (including phenoxy) is 1. The van der Waals surface area contributed by atoms with Crippen LogP contribution in [0.3, 0.4) is 0 Å². The largest absolute Gasteiger partial charge is 0.444 e. The second kappa shape index (κ2) is 13.7. The van der Waals surface area contributed by atoms with Gasteiger partial charge in [0.25, 0.3) is 5.91 Å². The van der Waals surface area contributed by atoms with E-state index in [0.29, 0.717) is 19.6 Å². The molecule has 44 heavy (non-hydrogen) atoms. The molecule has 0 unspecified atom stereocenters. The van der Waals surface area contributed by atoms with Gasteiger partial charge in [0.05, 0.1) is 17.8 Å². The van der Waals surface area contributed by atoms with E-state index in [9.17, 15) is 14.4 Å². The Morgan fingerprint density at radius 3 is 2.23 bits per heavy atom. The molecule has 0 fully saturated rings. The summed E-state index contributed by atoms with van der Waals surface area (Å²) in [4.78, 5) is 43.1. The number of hydrazine groups is 1. The Kier molecular flexibility index (Phi) is 10.2. The van der Waals surface area contributed by atoms with Crippen molar-refractivity contribution in [3.05, 3.63) is 58.8 Å². The molecule has 3 amide bonds. The van der Waals surface area contributed by atoms with Crippen LogP contribution in [0, 0.1) is 6.92 Å². The topological polar surface area (TPSA) is 103 Å². The molecule has 0 atom stereocenters. The Hall–Kier alpha value is -4.12. The standard InChI is InChI=1S/C33H47N7O4/c1-9-27-26-17-23(3)28(18-29(26)36(7)35-27)34-19-30(41)39(16-15-38(10-2)32(43)44-33(4,5)6)22-31(42)37(8)40-20-24-13-11-12-14-25(24)21-40/h11-14,17-18,34H,9-10,15-16,19-22H2,1-8H3. The van der Waals surface area contributed by atoms with Crippen LogP contribution in [0.25, 0.3) is 10.9 Å². The maximum absolute atomic E-state index is 13.7. The Morgan fingerprint density at radius 2 is 1.64 bits per heavy atom. The third-order valence-corrected chi connectivity index (χ3v) is 8.00. The van der Waals surface area contributed by atoms with Gasteiger partial charge in [-0.3, -0.25) is 19.3 Å². The second-order valence-electron chi connectivity index (χ2n) is 12.3. The summed E-state index contributed by atoms with van der Waals surface area (Å²) in [7, 11) is 3.66. The molecule has 11 heteroatoms. The number of benzene rings is 2. The van der Waals surface area contributed by atoms with E-state index in [1.165, 1.54) is 16.0 Å². The van der Waals surface area contributed by atoms with Crippen LogP contribution in [-0.4, -0.2) is 92.9 Å². The van der Waals surface area contributed by atoms with E-state index < -0.39 is 11.7 Å². The summed E-state index contributed by atoms with van der Waals surface area (Å²) in [5.74, 6) is -0.443. The lowest BCUT2D eigenvalue weighted by molar-refractivity contribution is -0.151. The number of likely N-dealkylation sites (N-methyl/N-ethyl adjacent to an activating group) is 2. The van der Waals surface area contributed by atoms with Crippen molar-refractivity contribution in [2.24, 2.45) is 7.05 Å². The van der Waals surface area contributed by atoms with Crippen molar-refractivity contribution in [1.29, 1.82) is 0 Å². The second-order valence-corrected chi connectivity index (χ2v) is 12.3. The van der Waals surface area contributed by atoms with Crippen LogP contribution in [0.5, 0.6) is 0 Å². The minimum atomic E-state index is -0.638. The third-order valence-electron chi connectivity index (χ3n) is 8.00. The lowest BCUT2D eigenvalue weighted by Crippen LogP contribution is -2.50. The zero-order valence-corrected chi connectivity index (χ0v) is 27.4. The van der Waals surface area contributed by atoms with Crippen molar-refractivity contribution < 1.29 is 19.1 Å². The summed E-state index contributed by atoms with van der Waals surface area (Å²) in [6.07, 6.45) is 0.386. The molecule has 0 saturated heterocycles. The first kappa shape index (κ1) is 32.8. The number of carbonyl (C=O) groups excluding carboxylic acids is 3. The number of fused-ring (bicyclic) bond motifs is 2. The Labute approximate surface area is 260 Å². The Balaban J connectivity index is 1.48. The molecule has 0 saturated carbocycles. The average Bonchev–Trinajstić information content (AvgIpc) is 3.54. The van der Waals surface area contributed by atoms with Gasteiger partial charge < -0.3 is 19.9 Å². The molecule has 1 N–H and O–H groups in total. The summed E-state index contributed by atoms with van der Waals surface area (Å²) >= 11 is 0. The predicted octanol–water partition coefficient (Wildman–Crippen LogP) is 4.33. The van der Waals surface area contributed by atoms with Crippen LogP contribution in [0.15, 0.2) is 36.4 Å². The molecule has 0 radical (unpaired) electrons. The monoisotopic (exact) mass is 605 g/mol. The van der Waals surface area contributed by atoms with Gasteiger partial charge in [-0.2, -0.15) is 5.10 Å². The number of hydrogen-bond donors (Lipinski definition) is 1. The van der Waals surface area contributed by atoms with Crippen molar-refractivity contribution in [2.75, 3.05) is 45.1 Å². The summed E-state index contributed by atoms with van der Waals surface area (Å²) in [6.45, 7) is 13.4. The number of rotatable bonds is 11. The molecule has 2 aromatic carbocycles. The maximum atomic E-state index is 13.7.